The first kappa shape index (κ1) is 17.2. The molecule has 0 aromatic carbocycles. The van der Waals surface area contributed by atoms with Crippen LogP contribution in [0.15, 0.2) is 12.7 Å². The number of amides is 1. The zero-order chi connectivity index (χ0) is 13.6. The van der Waals surface area contributed by atoms with Crippen molar-refractivity contribution in [2.75, 3.05) is 13.7 Å². The summed E-state index contributed by atoms with van der Waals surface area (Å²) in [4.78, 5) is 11.5. The molecule has 0 aliphatic rings. The summed E-state index contributed by atoms with van der Waals surface area (Å²) >= 11 is 0. The van der Waals surface area contributed by atoms with E-state index in [2.05, 4.69) is 11.9 Å². The molecule has 0 spiro atoms. The number of nitrogens with one attached hydrogen (secondary N) is 1. The van der Waals surface area contributed by atoms with E-state index in [-0.39, 0.29) is 11.9 Å². The Morgan fingerprint density at radius 1 is 1.22 bits per heavy atom. The van der Waals surface area contributed by atoms with E-state index in [1.165, 1.54) is 25.7 Å². The molecule has 1 unspecified atom stereocenters. The van der Waals surface area contributed by atoms with Crippen molar-refractivity contribution in [2.45, 2.75) is 64.3 Å². The van der Waals surface area contributed by atoms with Gasteiger partial charge in [0.1, 0.15) is 0 Å². The van der Waals surface area contributed by atoms with Gasteiger partial charge in [-0.3, -0.25) is 4.79 Å². The Bertz CT molecular complexity index is 217. The van der Waals surface area contributed by atoms with E-state index in [1.807, 2.05) is 13.0 Å². The monoisotopic (exact) mass is 255 g/mol. The fourth-order valence-electron chi connectivity index (χ4n) is 1.92. The van der Waals surface area contributed by atoms with Crippen LogP contribution >= 0.6 is 0 Å². The average Bonchev–Trinajstić information content (AvgIpc) is 2.32. The number of allylic oxidation sites excluding steroid dienone is 1. The summed E-state index contributed by atoms with van der Waals surface area (Å²) in [5, 5.41) is 2.92. The Kier molecular flexibility index (Phi) is 12.0. The highest BCUT2D eigenvalue weighted by Gasteiger charge is 2.05. The minimum atomic E-state index is 0.112. The van der Waals surface area contributed by atoms with Crippen LogP contribution in [0.25, 0.3) is 0 Å². The second-order valence-electron chi connectivity index (χ2n) is 4.87. The maximum absolute atomic E-state index is 11.5. The quantitative estimate of drug-likeness (QED) is 0.428. The molecule has 0 saturated carbocycles. The molecule has 0 fully saturated rings. The SMILES string of the molecule is C=CCCCCCCCCC(=O)NC(C)COC. The number of unbranched alkanes of at least 4 members (excludes halogenated alkanes) is 6. The van der Waals surface area contributed by atoms with Crippen molar-refractivity contribution >= 4 is 5.91 Å². The van der Waals surface area contributed by atoms with Crippen molar-refractivity contribution in [1.82, 2.24) is 5.32 Å². The van der Waals surface area contributed by atoms with Crippen LogP contribution in [-0.4, -0.2) is 25.7 Å². The van der Waals surface area contributed by atoms with Crippen LogP contribution in [0, 0.1) is 0 Å². The highest BCUT2D eigenvalue weighted by molar-refractivity contribution is 5.76. The van der Waals surface area contributed by atoms with Crippen LogP contribution in [0.3, 0.4) is 0 Å². The lowest BCUT2D eigenvalue weighted by molar-refractivity contribution is -0.122. The van der Waals surface area contributed by atoms with Gasteiger partial charge in [-0.15, -0.1) is 6.58 Å². The number of ether oxygens (including phenoxy) is 1. The van der Waals surface area contributed by atoms with E-state index in [9.17, 15) is 4.79 Å². The molecule has 0 aliphatic heterocycles. The molecule has 0 aromatic heterocycles. The molecule has 18 heavy (non-hydrogen) atoms. The van der Waals surface area contributed by atoms with Gasteiger partial charge in [0.05, 0.1) is 6.61 Å². The summed E-state index contributed by atoms with van der Waals surface area (Å²) in [6.07, 6.45) is 10.9. The van der Waals surface area contributed by atoms with Crippen LogP contribution in [0.4, 0.5) is 0 Å². The van der Waals surface area contributed by atoms with Crippen molar-refractivity contribution < 1.29 is 9.53 Å². The molecule has 1 amide bonds. The summed E-state index contributed by atoms with van der Waals surface area (Å²) in [7, 11) is 1.65. The number of hydrogen-bond acceptors (Lipinski definition) is 2. The molecule has 1 atom stereocenters. The molecule has 0 aromatic rings. The average molecular weight is 255 g/mol. The molecule has 106 valence electrons. The van der Waals surface area contributed by atoms with Gasteiger partial charge < -0.3 is 10.1 Å². The molecule has 3 nitrogen and oxygen atoms in total. The number of hydrogen-bond donors (Lipinski definition) is 1. The van der Waals surface area contributed by atoms with Gasteiger partial charge in [0.2, 0.25) is 5.91 Å². The number of rotatable bonds is 12. The molecule has 0 aliphatic carbocycles. The second-order valence-corrected chi connectivity index (χ2v) is 4.87. The van der Waals surface area contributed by atoms with Crippen LogP contribution in [0.2, 0.25) is 0 Å². The fourth-order valence-corrected chi connectivity index (χ4v) is 1.92. The third-order valence-electron chi connectivity index (χ3n) is 2.89. The van der Waals surface area contributed by atoms with Gasteiger partial charge in [-0.1, -0.05) is 31.8 Å². The molecular formula is C15H29NO2. The second kappa shape index (κ2) is 12.6. The van der Waals surface area contributed by atoms with Gasteiger partial charge in [0, 0.05) is 19.6 Å². The minimum absolute atomic E-state index is 0.112. The van der Waals surface area contributed by atoms with Crippen molar-refractivity contribution in [1.29, 1.82) is 0 Å². The summed E-state index contributed by atoms with van der Waals surface area (Å²) in [6.45, 7) is 6.25. The lowest BCUT2D eigenvalue weighted by Crippen LogP contribution is -2.35. The minimum Gasteiger partial charge on any atom is -0.383 e. The van der Waals surface area contributed by atoms with Crippen molar-refractivity contribution in [3.05, 3.63) is 12.7 Å². The molecule has 0 heterocycles. The normalized spacial score (nSPS) is 12.1. The molecule has 0 radical (unpaired) electrons. The van der Waals surface area contributed by atoms with E-state index in [0.717, 1.165) is 19.3 Å². The fraction of sp³-hybridized carbons (Fsp3) is 0.800. The Hall–Kier alpha value is -0.830. The smallest absolute Gasteiger partial charge is 0.220 e. The maximum Gasteiger partial charge on any atom is 0.220 e. The largest absolute Gasteiger partial charge is 0.383 e. The summed E-state index contributed by atoms with van der Waals surface area (Å²) in [5.74, 6) is 0.145. The Morgan fingerprint density at radius 3 is 2.44 bits per heavy atom. The zero-order valence-electron chi connectivity index (χ0n) is 12.0. The summed E-state index contributed by atoms with van der Waals surface area (Å²) < 4.78 is 4.97. The van der Waals surface area contributed by atoms with E-state index in [0.29, 0.717) is 13.0 Å². The third-order valence-corrected chi connectivity index (χ3v) is 2.89. The van der Waals surface area contributed by atoms with Crippen LogP contribution < -0.4 is 5.32 Å². The molecule has 0 saturated heterocycles. The maximum atomic E-state index is 11.5. The summed E-state index contributed by atoms with van der Waals surface area (Å²) in [5.41, 5.74) is 0. The van der Waals surface area contributed by atoms with Crippen LogP contribution in [0.1, 0.15) is 58.3 Å². The van der Waals surface area contributed by atoms with Gasteiger partial charge >= 0.3 is 0 Å². The first-order valence-corrected chi connectivity index (χ1v) is 7.10. The number of methoxy groups -OCH3 is 1. The van der Waals surface area contributed by atoms with Gasteiger partial charge in [-0.25, -0.2) is 0 Å². The van der Waals surface area contributed by atoms with Gasteiger partial charge in [0.15, 0.2) is 0 Å². The molecular weight excluding hydrogens is 226 g/mol. The third kappa shape index (κ3) is 11.6. The van der Waals surface area contributed by atoms with E-state index in [1.54, 1.807) is 7.11 Å². The highest BCUT2D eigenvalue weighted by Crippen LogP contribution is 2.08. The summed E-state index contributed by atoms with van der Waals surface area (Å²) in [6, 6.07) is 0.112. The predicted molar refractivity (Wildman–Crippen MR) is 76.6 cm³/mol. The molecule has 0 bridgehead atoms. The highest BCUT2D eigenvalue weighted by atomic mass is 16.5. The Labute approximate surface area is 112 Å². The van der Waals surface area contributed by atoms with Crippen LogP contribution in [-0.2, 0) is 9.53 Å². The molecule has 3 heteroatoms. The van der Waals surface area contributed by atoms with E-state index < -0.39 is 0 Å². The molecule has 1 N–H and O–H groups in total. The van der Waals surface area contributed by atoms with Crippen molar-refractivity contribution in [2.24, 2.45) is 0 Å². The Balaban J connectivity index is 3.27. The van der Waals surface area contributed by atoms with E-state index in [4.69, 9.17) is 4.74 Å². The Morgan fingerprint density at radius 2 is 1.83 bits per heavy atom. The number of carbonyl (C=O) groups excluding carboxylic acids is 1. The standard InChI is InChI=1S/C15H29NO2/c1-4-5-6-7-8-9-10-11-12-15(17)16-14(2)13-18-3/h4,14H,1,5-13H2,2-3H3,(H,16,17). The lowest BCUT2D eigenvalue weighted by atomic mass is 10.1. The zero-order valence-corrected chi connectivity index (χ0v) is 12.0. The topological polar surface area (TPSA) is 38.3 Å². The first-order chi connectivity index (χ1) is 8.70. The van der Waals surface area contributed by atoms with E-state index >= 15 is 0 Å². The first-order valence-electron chi connectivity index (χ1n) is 7.10. The number of carbonyl (C=O) groups is 1. The van der Waals surface area contributed by atoms with Gasteiger partial charge in [-0.2, -0.15) is 0 Å². The van der Waals surface area contributed by atoms with Gasteiger partial charge in [-0.05, 0) is 26.2 Å². The van der Waals surface area contributed by atoms with Crippen molar-refractivity contribution in [3.8, 4) is 0 Å². The van der Waals surface area contributed by atoms with Gasteiger partial charge in [0.25, 0.3) is 0 Å². The lowest BCUT2D eigenvalue weighted by Gasteiger charge is -2.12. The predicted octanol–water partition coefficient (Wildman–Crippen LogP) is 3.44. The molecule has 0 rings (SSSR count). The van der Waals surface area contributed by atoms with Crippen LogP contribution in [0.5, 0.6) is 0 Å². The van der Waals surface area contributed by atoms with Crippen molar-refractivity contribution in [3.63, 3.8) is 0 Å².